The van der Waals surface area contributed by atoms with E-state index >= 15 is 0 Å². The third-order valence-electron chi connectivity index (χ3n) is 3.24. The van der Waals surface area contributed by atoms with Crippen LogP contribution < -0.4 is 20.9 Å². The van der Waals surface area contributed by atoms with Gasteiger partial charge in [-0.3, -0.25) is 0 Å². The van der Waals surface area contributed by atoms with Gasteiger partial charge in [0, 0.05) is 25.0 Å². The predicted octanol–water partition coefficient (Wildman–Crippen LogP) is 2.07. The van der Waals surface area contributed by atoms with Crippen molar-refractivity contribution >= 4 is 11.7 Å². The van der Waals surface area contributed by atoms with Crippen LogP contribution in [-0.4, -0.2) is 27.9 Å². The van der Waals surface area contributed by atoms with E-state index in [9.17, 15) is 0 Å². The summed E-state index contributed by atoms with van der Waals surface area (Å²) in [6, 6.07) is 13.5. The zero-order chi connectivity index (χ0) is 18.4. The second kappa shape index (κ2) is 7.43. The maximum Gasteiger partial charge on any atom is 0.245 e. The number of hydrogen-bond acceptors (Lipinski definition) is 6. The van der Waals surface area contributed by atoms with Crippen molar-refractivity contribution in [2.24, 2.45) is 21.8 Å². The van der Waals surface area contributed by atoms with Gasteiger partial charge in [0.05, 0.1) is 0 Å². The average Bonchev–Trinajstić information content (AvgIpc) is 2.61. The minimum Gasteiger partial charge on any atom is -0.453 e. The monoisotopic (exact) mass is 344 g/mol. The first-order valence-corrected chi connectivity index (χ1v) is 7.38. The minimum absolute atomic E-state index is 0.0211. The average molecular weight is 344 g/mol. The van der Waals surface area contributed by atoms with E-state index in [2.05, 4.69) is 10.3 Å². The van der Waals surface area contributed by atoms with E-state index in [1.165, 1.54) is 0 Å². The maximum absolute atomic E-state index is 8.66. The molecule has 0 bridgehead atoms. The van der Waals surface area contributed by atoms with Gasteiger partial charge < -0.3 is 31.4 Å². The van der Waals surface area contributed by atoms with E-state index in [0.717, 1.165) is 0 Å². The van der Waals surface area contributed by atoms with Crippen molar-refractivity contribution in [3.63, 3.8) is 0 Å². The first-order valence-electron chi connectivity index (χ1n) is 7.38. The number of nitrogens with two attached hydrogens (primary N) is 2. The summed E-state index contributed by atoms with van der Waals surface area (Å²) in [5.74, 6) is 0.220. The molecule has 0 unspecified atom stereocenters. The molecule has 8 heteroatoms. The topological polar surface area (TPSA) is 136 Å². The highest BCUT2D eigenvalue weighted by molar-refractivity contribution is 5.97. The van der Waals surface area contributed by atoms with Crippen LogP contribution in [0.1, 0.15) is 25.0 Å². The quantitative estimate of drug-likeness (QED) is 0.208. The molecule has 0 aliphatic carbocycles. The standard InChI is InChI=1S/C17H20N4O4/c1-17(2,24-13-7-3-11(4-8-13)15(18)20-22)25-14-9-5-12(6-10-14)16(19)21-23/h3-10,22-23H,1-2H3,(H2,18,20)(H2,19,21). The van der Waals surface area contributed by atoms with E-state index in [1.54, 1.807) is 62.4 Å². The van der Waals surface area contributed by atoms with Crippen LogP contribution in [0, 0.1) is 0 Å². The van der Waals surface area contributed by atoms with Crippen molar-refractivity contribution in [2.45, 2.75) is 19.6 Å². The molecule has 2 rings (SSSR count). The highest BCUT2D eigenvalue weighted by Crippen LogP contribution is 2.23. The van der Waals surface area contributed by atoms with Crippen LogP contribution in [0.15, 0.2) is 58.8 Å². The molecule has 0 saturated carbocycles. The van der Waals surface area contributed by atoms with E-state index in [0.29, 0.717) is 22.6 Å². The normalized spacial score (nSPS) is 12.7. The summed E-state index contributed by atoms with van der Waals surface area (Å²) in [4.78, 5) is 0. The minimum atomic E-state index is -0.948. The molecule has 0 spiro atoms. The summed E-state index contributed by atoms with van der Waals surface area (Å²) in [7, 11) is 0. The molecule has 2 aromatic rings. The lowest BCUT2D eigenvalue weighted by molar-refractivity contribution is -0.0809. The fraction of sp³-hybridized carbons (Fsp3) is 0.176. The number of nitrogens with zero attached hydrogens (tertiary/aromatic N) is 2. The Morgan fingerprint density at radius 1 is 0.760 bits per heavy atom. The zero-order valence-electron chi connectivity index (χ0n) is 13.9. The molecule has 0 aliphatic heterocycles. The number of benzene rings is 2. The van der Waals surface area contributed by atoms with Gasteiger partial charge in [0.1, 0.15) is 11.5 Å². The summed E-state index contributed by atoms with van der Waals surface area (Å²) in [5, 5.41) is 23.2. The molecular formula is C17H20N4O4. The lowest BCUT2D eigenvalue weighted by Gasteiger charge is -2.27. The number of oxime groups is 2. The largest absolute Gasteiger partial charge is 0.453 e. The smallest absolute Gasteiger partial charge is 0.245 e. The van der Waals surface area contributed by atoms with E-state index < -0.39 is 5.79 Å². The fourth-order valence-electron chi connectivity index (χ4n) is 2.09. The molecule has 132 valence electrons. The van der Waals surface area contributed by atoms with Gasteiger partial charge >= 0.3 is 0 Å². The van der Waals surface area contributed by atoms with Crippen molar-refractivity contribution < 1.29 is 19.9 Å². The Kier molecular flexibility index (Phi) is 5.33. The zero-order valence-corrected chi connectivity index (χ0v) is 13.9. The molecular weight excluding hydrogens is 324 g/mol. The second-order valence-corrected chi connectivity index (χ2v) is 5.62. The summed E-state index contributed by atoms with van der Waals surface area (Å²) in [5.41, 5.74) is 12.2. The molecule has 0 aliphatic rings. The highest BCUT2D eigenvalue weighted by atomic mass is 16.7. The Morgan fingerprint density at radius 2 is 1.08 bits per heavy atom. The van der Waals surface area contributed by atoms with Gasteiger partial charge in [-0.2, -0.15) is 0 Å². The van der Waals surface area contributed by atoms with Crippen molar-refractivity contribution in [1.29, 1.82) is 0 Å². The molecule has 0 heterocycles. The molecule has 2 aromatic carbocycles. The first-order chi connectivity index (χ1) is 11.8. The van der Waals surface area contributed by atoms with Gasteiger partial charge in [0.15, 0.2) is 11.7 Å². The van der Waals surface area contributed by atoms with E-state index in [-0.39, 0.29) is 11.7 Å². The van der Waals surface area contributed by atoms with Crippen LogP contribution in [0.2, 0.25) is 0 Å². The summed E-state index contributed by atoms with van der Waals surface area (Å²) < 4.78 is 11.6. The lowest BCUT2D eigenvalue weighted by Crippen LogP contribution is -2.35. The van der Waals surface area contributed by atoms with Crippen LogP contribution in [0.3, 0.4) is 0 Å². The number of hydrogen-bond donors (Lipinski definition) is 4. The molecule has 0 fully saturated rings. The van der Waals surface area contributed by atoms with Gasteiger partial charge in [-0.15, -0.1) is 0 Å². The second-order valence-electron chi connectivity index (χ2n) is 5.62. The molecule has 6 N–H and O–H groups in total. The van der Waals surface area contributed by atoms with Crippen molar-refractivity contribution in [2.75, 3.05) is 0 Å². The molecule has 25 heavy (non-hydrogen) atoms. The van der Waals surface area contributed by atoms with Crippen molar-refractivity contribution in [3.8, 4) is 11.5 Å². The third kappa shape index (κ3) is 4.77. The first kappa shape index (κ1) is 17.9. The molecule has 0 saturated heterocycles. The third-order valence-corrected chi connectivity index (χ3v) is 3.24. The summed E-state index contributed by atoms with van der Waals surface area (Å²) >= 11 is 0. The van der Waals surface area contributed by atoms with Crippen molar-refractivity contribution in [1.82, 2.24) is 0 Å². The Bertz CT molecular complexity index is 703. The van der Waals surface area contributed by atoms with Gasteiger partial charge in [-0.1, -0.05) is 10.3 Å². The Morgan fingerprint density at radius 3 is 1.36 bits per heavy atom. The van der Waals surface area contributed by atoms with Crippen LogP contribution in [0.5, 0.6) is 11.5 Å². The Labute approximate surface area is 145 Å². The van der Waals surface area contributed by atoms with E-state index in [4.69, 9.17) is 31.4 Å². The Balaban J connectivity index is 2.06. The molecule has 0 amide bonds. The van der Waals surface area contributed by atoms with Crippen LogP contribution >= 0.6 is 0 Å². The van der Waals surface area contributed by atoms with Gasteiger partial charge in [0.25, 0.3) is 0 Å². The summed E-state index contributed by atoms with van der Waals surface area (Å²) in [6.07, 6.45) is 0. The predicted molar refractivity (Wildman–Crippen MR) is 93.2 cm³/mol. The molecule has 0 aromatic heterocycles. The van der Waals surface area contributed by atoms with Crippen LogP contribution in [0.4, 0.5) is 0 Å². The van der Waals surface area contributed by atoms with Crippen LogP contribution in [0.25, 0.3) is 0 Å². The SMILES string of the molecule is CC(C)(Oc1ccc(C(N)=NO)cc1)Oc1ccc(C(N)=NO)cc1. The highest BCUT2D eigenvalue weighted by Gasteiger charge is 2.22. The van der Waals surface area contributed by atoms with Crippen LogP contribution in [-0.2, 0) is 0 Å². The van der Waals surface area contributed by atoms with E-state index in [1.807, 2.05) is 0 Å². The lowest BCUT2D eigenvalue weighted by atomic mass is 10.2. The molecule has 0 atom stereocenters. The molecule has 8 nitrogen and oxygen atoms in total. The van der Waals surface area contributed by atoms with Gasteiger partial charge in [-0.05, 0) is 48.5 Å². The van der Waals surface area contributed by atoms with Crippen molar-refractivity contribution in [3.05, 3.63) is 59.7 Å². The molecule has 0 radical (unpaired) electrons. The van der Waals surface area contributed by atoms with Gasteiger partial charge in [-0.25, -0.2) is 0 Å². The number of ether oxygens (including phenoxy) is 2. The Hall–Kier alpha value is -3.42. The number of amidine groups is 2. The van der Waals surface area contributed by atoms with Gasteiger partial charge in [0.2, 0.25) is 5.79 Å². The summed E-state index contributed by atoms with van der Waals surface area (Å²) in [6.45, 7) is 3.53. The maximum atomic E-state index is 8.66. The fourth-order valence-corrected chi connectivity index (χ4v) is 2.09. The number of rotatable bonds is 6.